The second-order valence-corrected chi connectivity index (χ2v) is 3.33. The molecule has 69 valence electrons. The van der Waals surface area contributed by atoms with Crippen LogP contribution in [0.3, 0.4) is 0 Å². The minimum Gasteiger partial charge on any atom is -0.0654 e. The summed E-state index contributed by atoms with van der Waals surface area (Å²) < 4.78 is 0. The van der Waals surface area contributed by atoms with Crippen LogP contribution in [-0.4, -0.2) is 0 Å². The molecule has 0 aromatic carbocycles. The van der Waals surface area contributed by atoms with Crippen molar-refractivity contribution in [2.24, 2.45) is 0 Å². The molecule has 0 aromatic heterocycles. The minimum atomic E-state index is 0. The summed E-state index contributed by atoms with van der Waals surface area (Å²) in [6.45, 7) is 6.10. The summed E-state index contributed by atoms with van der Waals surface area (Å²) in [4.78, 5) is 0. The number of hydrogen-bond acceptors (Lipinski definition) is 0. The van der Waals surface area contributed by atoms with E-state index in [0.717, 1.165) is 6.42 Å². The van der Waals surface area contributed by atoms with Gasteiger partial charge in [-0.2, -0.15) is 0 Å². The standard InChI is InChI=1S/C11H23.Zn/c1-3-5-7-9-11-10-8-6-4-2;/h1,3-11H2,2H3;. The summed E-state index contributed by atoms with van der Waals surface area (Å²) in [6, 6.07) is 0. The van der Waals surface area contributed by atoms with E-state index < -0.39 is 0 Å². The van der Waals surface area contributed by atoms with E-state index >= 15 is 0 Å². The third-order valence-electron chi connectivity index (χ3n) is 2.10. The minimum absolute atomic E-state index is 0. The molecule has 0 atom stereocenters. The van der Waals surface area contributed by atoms with E-state index in [9.17, 15) is 0 Å². The molecule has 0 N–H and O–H groups in total. The fourth-order valence-corrected chi connectivity index (χ4v) is 1.31. The molecule has 0 saturated carbocycles. The molecule has 0 aliphatic heterocycles. The fraction of sp³-hybridized carbons (Fsp3) is 0.909. The van der Waals surface area contributed by atoms with Gasteiger partial charge in [-0.1, -0.05) is 71.6 Å². The van der Waals surface area contributed by atoms with Crippen LogP contribution < -0.4 is 0 Å². The van der Waals surface area contributed by atoms with Gasteiger partial charge in [0.2, 0.25) is 0 Å². The van der Waals surface area contributed by atoms with Gasteiger partial charge in [0.05, 0.1) is 0 Å². The summed E-state index contributed by atoms with van der Waals surface area (Å²) in [6.07, 6.45) is 12.4. The molecule has 0 amide bonds. The van der Waals surface area contributed by atoms with Gasteiger partial charge in [-0.05, 0) is 0 Å². The Kier molecular flexibility index (Phi) is 17.8. The van der Waals surface area contributed by atoms with Gasteiger partial charge >= 0.3 is 0 Å². The van der Waals surface area contributed by atoms with Crippen molar-refractivity contribution < 1.29 is 19.5 Å². The molecule has 1 heteroatoms. The van der Waals surface area contributed by atoms with Crippen molar-refractivity contribution in [3.8, 4) is 0 Å². The Morgan fingerprint density at radius 2 is 1.17 bits per heavy atom. The van der Waals surface area contributed by atoms with Gasteiger partial charge in [0.15, 0.2) is 0 Å². The summed E-state index contributed by atoms with van der Waals surface area (Å²) >= 11 is 0. The van der Waals surface area contributed by atoms with E-state index in [2.05, 4.69) is 13.8 Å². The maximum absolute atomic E-state index is 3.83. The van der Waals surface area contributed by atoms with E-state index in [4.69, 9.17) is 0 Å². The first kappa shape index (κ1) is 15.1. The van der Waals surface area contributed by atoms with Gasteiger partial charge in [0.1, 0.15) is 0 Å². The summed E-state index contributed by atoms with van der Waals surface area (Å²) in [5.74, 6) is 0. The van der Waals surface area contributed by atoms with Crippen LogP contribution in [0.2, 0.25) is 0 Å². The Hall–Kier alpha value is 0.623. The predicted octanol–water partition coefficient (Wildman–Crippen LogP) is 4.35. The van der Waals surface area contributed by atoms with Crippen molar-refractivity contribution in [1.29, 1.82) is 0 Å². The molecule has 1 radical (unpaired) electrons. The number of hydrogen-bond donors (Lipinski definition) is 0. The molecule has 0 fully saturated rings. The van der Waals surface area contributed by atoms with Crippen molar-refractivity contribution >= 4 is 0 Å². The largest absolute Gasteiger partial charge is 0.0654 e. The maximum Gasteiger partial charge on any atom is 0 e. The van der Waals surface area contributed by atoms with E-state index in [0.29, 0.717) is 0 Å². The topological polar surface area (TPSA) is 0 Å². The monoisotopic (exact) mass is 219 g/mol. The van der Waals surface area contributed by atoms with Gasteiger partial charge in [-0.15, -0.1) is 0 Å². The molecule has 12 heavy (non-hydrogen) atoms. The SMILES string of the molecule is [CH2]CCCCCCCCCC.[Zn]. The number of rotatable bonds is 8. The van der Waals surface area contributed by atoms with Crippen molar-refractivity contribution in [3.05, 3.63) is 6.92 Å². The van der Waals surface area contributed by atoms with E-state index in [1.165, 1.54) is 51.4 Å². The Morgan fingerprint density at radius 1 is 0.750 bits per heavy atom. The van der Waals surface area contributed by atoms with Crippen LogP contribution in [0.15, 0.2) is 0 Å². The summed E-state index contributed by atoms with van der Waals surface area (Å²) in [5, 5.41) is 0. The summed E-state index contributed by atoms with van der Waals surface area (Å²) in [7, 11) is 0. The van der Waals surface area contributed by atoms with Gasteiger partial charge in [-0.3, -0.25) is 0 Å². The van der Waals surface area contributed by atoms with Crippen molar-refractivity contribution in [1.82, 2.24) is 0 Å². The van der Waals surface area contributed by atoms with Crippen molar-refractivity contribution in [2.75, 3.05) is 0 Å². The van der Waals surface area contributed by atoms with Crippen LogP contribution in [-0.2, 0) is 19.5 Å². The van der Waals surface area contributed by atoms with Gasteiger partial charge in [-0.25, -0.2) is 0 Å². The maximum atomic E-state index is 3.83. The van der Waals surface area contributed by atoms with Gasteiger partial charge in [0.25, 0.3) is 0 Å². The Balaban J connectivity index is 0. The van der Waals surface area contributed by atoms with Crippen LogP contribution in [0.25, 0.3) is 0 Å². The van der Waals surface area contributed by atoms with E-state index in [1.54, 1.807) is 0 Å². The zero-order chi connectivity index (χ0) is 8.36. The molecule has 0 bridgehead atoms. The average Bonchev–Trinajstić information content (AvgIpc) is 2.03. The molecule has 0 aliphatic rings. The summed E-state index contributed by atoms with van der Waals surface area (Å²) in [5.41, 5.74) is 0. The second kappa shape index (κ2) is 14.2. The molecule has 0 aromatic rings. The molecular weight excluding hydrogens is 198 g/mol. The third-order valence-corrected chi connectivity index (χ3v) is 2.10. The molecule has 0 spiro atoms. The Bertz CT molecular complexity index is 54.0. The zero-order valence-electron chi connectivity index (χ0n) is 8.78. The van der Waals surface area contributed by atoms with Crippen molar-refractivity contribution in [3.63, 3.8) is 0 Å². The van der Waals surface area contributed by atoms with Gasteiger partial charge < -0.3 is 0 Å². The second-order valence-electron chi connectivity index (χ2n) is 3.33. The third kappa shape index (κ3) is 13.2. The van der Waals surface area contributed by atoms with E-state index in [-0.39, 0.29) is 19.5 Å². The fourth-order valence-electron chi connectivity index (χ4n) is 1.31. The number of unbranched alkanes of at least 4 members (excludes halogenated alkanes) is 8. The quantitative estimate of drug-likeness (QED) is 0.422. The Morgan fingerprint density at radius 3 is 1.58 bits per heavy atom. The zero-order valence-corrected chi connectivity index (χ0v) is 11.7. The average molecular weight is 221 g/mol. The van der Waals surface area contributed by atoms with Crippen LogP contribution in [0.4, 0.5) is 0 Å². The molecule has 0 heterocycles. The molecular formula is C11H23Zn. The molecule has 0 nitrogen and oxygen atoms in total. The molecule has 0 unspecified atom stereocenters. The van der Waals surface area contributed by atoms with Crippen LogP contribution in [0, 0.1) is 6.92 Å². The van der Waals surface area contributed by atoms with E-state index in [1.807, 2.05) is 0 Å². The smallest absolute Gasteiger partial charge is 0 e. The van der Waals surface area contributed by atoms with Crippen LogP contribution >= 0.6 is 0 Å². The predicted molar refractivity (Wildman–Crippen MR) is 52.6 cm³/mol. The van der Waals surface area contributed by atoms with Crippen molar-refractivity contribution in [2.45, 2.75) is 64.7 Å². The molecule has 0 aliphatic carbocycles. The van der Waals surface area contributed by atoms with Crippen LogP contribution in [0.1, 0.15) is 64.7 Å². The first-order chi connectivity index (χ1) is 5.41. The normalized spacial score (nSPS) is 9.50. The first-order valence-corrected chi connectivity index (χ1v) is 5.21. The van der Waals surface area contributed by atoms with Gasteiger partial charge in [0, 0.05) is 19.5 Å². The Labute approximate surface area is 91.3 Å². The molecule has 0 rings (SSSR count). The first-order valence-electron chi connectivity index (χ1n) is 5.21. The molecule has 0 saturated heterocycles. The van der Waals surface area contributed by atoms with Crippen LogP contribution in [0.5, 0.6) is 0 Å².